The molecule has 164 valence electrons. The van der Waals surface area contributed by atoms with Crippen LogP contribution in [0.5, 0.6) is 0 Å². The van der Waals surface area contributed by atoms with E-state index in [2.05, 4.69) is 4.90 Å². The van der Waals surface area contributed by atoms with Gasteiger partial charge in [0.25, 0.3) is 0 Å². The lowest BCUT2D eigenvalue weighted by atomic mass is 9.64. The molecule has 0 spiro atoms. The van der Waals surface area contributed by atoms with Crippen LogP contribution in [0.3, 0.4) is 0 Å². The lowest BCUT2D eigenvalue weighted by Crippen LogP contribution is -2.49. The predicted octanol–water partition coefficient (Wildman–Crippen LogP) is 4.94. The van der Waals surface area contributed by atoms with Crippen molar-refractivity contribution in [1.29, 1.82) is 5.26 Å². The molecule has 2 aromatic rings. The van der Waals surface area contributed by atoms with Crippen molar-refractivity contribution >= 4 is 5.97 Å². The number of nitrogens with zero attached hydrogens (tertiary/aromatic N) is 2. The number of likely N-dealkylation sites (tertiary alicyclic amines) is 1. The molecule has 0 radical (unpaired) electrons. The summed E-state index contributed by atoms with van der Waals surface area (Å²) in [4.78, 5) is 14.8. The number of hydrogen-bond donors (Lipinski definition) is 0. The minimum absolute atomic E-state index is 0.107. The highest BCUT2D eigenvalue weighted by Crippen LogP contribution is 2.44. The first kappa shape index (κ1) is 22.8. The zero-order valence-corrected chi connectivity index (χ0v) is 17.4. The molecule has 4 nitrogen and oxygen atoms in total. The van der Waals surface area contributed by atoms with Gasteiger partial charge >= 0.3 is 12.1 Å². The number of carbonyl (C=O) groups excluding carboxylic acids is 1. The quantitative estimate of drug-likeness (QED) is 0.609. The van der Waals surface area contributed by atoms with E-state index >= 15 is 0 Å². The average molecular weight is 430 g/mol. The number of benzene rings is 2. The fraction of sp³-hybridized carbons (Fsp3) is 0.417. The summed E-state index contributed by atoms with van der Waals surface area (Å²) in [6.07, 6.45) is -3.73. The van der Waals surface area contributed by atoms with Gasteiger partial charge in [-0.05, 0) is 50.0 Å². The first-order valence-corrected chi connectivity index (χ1v) is 10.3. The summed E-state index contributed by atoms with van der Waals surface area (Å²) in [5.74, 6) is -1.85. The lowest BCUT2D eigenvalue weighted by Gasteiger charge is -2.44. The number of esters is 1. The van der Waals surface area contributed by atoms with Gasteiger partial charge in [0, 0.05) is 12.0 Å². The fourth-order valence-electron chi connectivity index (χ4n) is 4.33. The van der Waals surface area contributed by atoms with E-state index in [0.29, 0.717) is 38.0 Å². The Hall–Kier alpha value is -2.85. The van der Waals surface area contributed by atoms with Gasteiger partial charge in [-0.1, -0.05) is 48.5 Å². The summed E-state index contributed by atoms with van der Waals surface area (Å²) in [5.41, 5.74) is -0.315. The molecule has 1 heterocycles. The van der Waals surface area contributed by atoms with Gasteiger partial charge in [-0.25, -0.2) is 0 Å². The van der Waals surface area contributed by atoms with Gasteiger partial charge in [-0.2, -0.15) is 18.4 Å². The molecule has 31 heavy (non-hydrogen) atoms. The number of piperidine rings is 1. The van der Waals surface area contributed by atoms with Gasteiger partial charge in [0.15, 0.2) is 5.92 Å². The molecule has 3 rings (SSSR count). The Bertz CT molecular complexity index is 930. The topological polar surface area (TPSA) is 53.3 Å². The van der Waals surface area contributed by atoms with E-state index in [1.165, 1.54) is 6.07 Å². The maximum absolute atomic E-state index is 13.4. The molecular weight excluding hydrogens is 405 g/mol. The van der Waals surface area contributed by atoms with Crippen molar-refractivity contribution in [3.8, 4) is 6.07 Å². The van der Waals surface area contributed by atoms with Crippen LogP contribution in [0.15, 0.2) is 54.6 Å². The van der Waals surface area contributed by atoms with Crippen LogP contribution in [-0.2, 0) is 27.7 Å². The van der Waals surface area contributed by atoms with Crippen LogP contribution in [0, 0.1) is 17.2 Å². The molecule has 2 aromatic carbocycles. The highest BCUT2D eigenvalue weighted by molar-refractivity contribution is 5.77. The van der Waals surface area contributed by atoms with Gasteiger partial charge in [-0.15, -0.1) is 0 Å². The minimum atomic E-state index is -4.50. The molecular formula is C24H25F3N2O2. The first-order chi connectivity index (χ1) is 14.8. The van der Waals surface area contributed by atoms with Crippen molar-refractivity contribution < 1.29 is 22.7 Å². The summed E-state index contributed by atoms with van der Waals surface area (Å²) in [7, 11) is 0. The monoisotopic (exact) mass is 430 g/mol. The highest BCUT2D eigenvalue weighted by atomic mass is 19.4. The highest BCUT2D eigenvalue weighted by Gasteiger charge is 2.48. The summed E-state index contributed by atoms with van der Waals surface area (Å²) < 4.78 is 45.2. The minimum Gasteiger partial charge on any atom is -0.465 e. The first-order valence-electron chi connectivity index (χ1n) is 10.3. The van der Waals surface area contributed by atoms with Crippen molar-refractivity contribution in [2.24, 2.45) is 5.92 Å². The van der Waals surface area contributed by atoms with Gasteiger partial charge in [0.1, 0.15) is 0 Å². The van der Waals surface area contributed by atoms with Crippen molar-refractivity contribution in [3.05, 3.63) is 71.3 Å². The number of ether oxygens (including phenoxy) is 1. The lowest BCUT2D eigenvalue weighted by molar-refractivity contribution is -0.149. The van der Waals surface area contributed by atoms with E-state index < -0.39 is 29.0 Å². The smallest absolute Gasteiger partial charge is 0.416 e. The number of alkyl halides is 3. The number of halogens is 3. The van der Waals surface area contributed by atoms with E-state index in [1.807, 2.05) is 36.4 Å². The summed E-state index contributed by atoms with van der Waals surface area (Å²) in [6.45, 7) is 3.57. The maximum atomic E-state index is 13.4. The van der Waals surface area contributed by atoms with E-state index in [1.54, 1.807) is 13.0 Å². The van der Waals surface area contributed by atoms with Crippen LogP contribution in [0.2, 0.25) is 0 Å². The van der Waals surface area contributed by atoms with Gasteiger partial charge in [-0.3, -0.25) is 9.69 Å². The van der Waals surface area contributed by atoms with Crippen molar-refractivity contribution in [2.45, 2.75) is 37.9 Å². The maximum Gasteiger partial charge on any atom is 0.416 e. The molecule has 1 aliphatic heterocycles. The molecule has 1 unspecified atom stereocenters. The third-order valence-electron chi connectivity index (χ3n) is 5.97. The Labute approximate surface area is 180 Å². The Morgan fingerprint density at radius 1 is 1.16 bits per heavy atom. The number of hydrogen-bond acceptors (Lipinski definition) is 4. The van der Waals surface area contributed by atoms with Crippen LogP contribution in [0.1, 0.15) is 36.5 Å². The molecule has 0 amide bonds. The van der Waals surface area contributed by atoms with Gasteiger partial charge in [0.2, 0.25) is 0 Å². The normalized spacial score (nSPS) is 17.5. The summed E-state index contributed by atoms with van der Waals surface area (Å²) >= 11 is 0. The zero-order chi connectivity index (χ0) is 22.5. The van der Waals surface area contributed by atoms with Crippen molar-refractivity contribution in [2.75, 3.05) is 19.7 Å². The van der Waals surface area contributed by atoms with E-state index in [4.69, 9.17) is 4.74 Å². The fourth-order valence-corrected chi connectivity index (χ4v) is 4.33. The molecule has 0 N–H and O–H groups in total. The number of rotatable bonds is 6. The second-order valence-corrected chi connectivity index (χ2v) is 7.81. The van der Waals surface area contributed by atoms with Crippen LogP contribution < -0.4 is 0 Å². The Morgan fingerprint density at radius 3 is 2.42 bits per heavy atom. The SMILES string of the molecule is CCOC(=O)C(C#N)C1(c2cccc(C(F)(F)F)c2)CCN(Cc2ccccc2)CC1. The van der Waals surface area contributed by atoms with Crippen LogP contribution in [0.25, 0.3) is 0 Å². The predicted molar refractivity (Wildman–Crippen MR) is 110 cm³/mol. The molecule has 7 heteroatoms. The van der Waals surface area contributed by atoms with E-state index in [9.17, 15) is 23.2 Å². The summed E-state index contributed by atoms with van der Waals surface area (Å²) in [6, 6.07) is 17.0. The molecule has 0 aliphatic carbocycles. The van der Waals surface area contributed by atoms with E-state index in [0.717, 1.165) is 17.7 Å². The van der Waals surface area contributed by atoms with Gasteiger partial charge in [0.05, 0.1) is 18.2 Å². The zero-order valence-electron chi connectivity index (χ0n) is 17.4. The molecule has 0 saturated carbocycles. The van der Waals surface area contributed by atoms with Crippen molar-refractivity contribution in [3.63, 3.8) is 0 Å². The largest absolute Gasteiger partial charge is 0.465 e. The molecule has 0 bridgehead atoms. The standard InChI is InChI=1S/C24H25F3N2O2/c1-2-31-22(30)21(16-28)23(19-9-6-10-20(15-19)24(25,26)27)11-13-29(14-12-23)17-18-7-4-3-5-8-18/h3-10,15,21H,2,11-14,17H2,1H3. The van der Waals surface area contributed by atoms with Crippen LogP contribution in [-0.4, -0.2) is 30.6 Å². The molecule has 1 fully saturated rings. The molecule has 0 aromatic heterocycles. The number of nitriles is 1. The molecule has 1 aliphatic rings. The molecule has 1 saturated heterocycles. The van der Waals surface area contributed by atoms with Crippen molar-refractivity contribution in [1.82, 2.24) is 4.90 Å². The Kier molecular flexibility index (Phi) is 7.01. The Balaban J connectivity index is 1.93. The van der Waals surface area contributed by atoms with Crippen LogP contribution in [0.4, 0.5) is 13.2 Å². The third kappa shape index (κ3) is 5.08. The second kappa shape index (κ2) is 9.52. The van der Waals surface area contributed by atoms with Gasteiger partial charge < -0.3 is 4.74 Å². The third-order valence-corrected chi connectivity index (χ3v) is 5.97. The average Bonchev–Trinajstić information content (AvgIpc) is 2.76. The van der Waals surface area contributed by atoms with Crippen LogP contribution >= 0.6 is 0 Å². The number of carbonyl (C=O) groups is 1. The second-order valence-electron chi connectivity index (χ2n) is 7.81. The summed E-state index contributed by atoms with van der Waals surface area (Å²) in [5, 5.41) is 9.85. The van der Waals surface area contributed by atoms with E-state index in [-0.39, 0.29) is 6.61 Å². The Morgan fingerprint density at radius 2 is 1.84 bits per heavy atom. The molecule has 1 atom stereocenters.